The Labute approximate surface area is 118 Å². The van der Waals surface area contributed by atoms with Crippen LogP contribution < -0.4 is 4.74 Å². The maximum atomic E-state index is 5.96. The van der Waals surface area contributed by atoms with Crippen molar-refractivity contribution < 1.29 is 4.74 Å². The monoisotopic (exact) mass is 307 g/mol. The van der Waals surface area contributed by atoms with E-state index in [1.165, 1.54) is 18.3 Å². The van der Waals surface area contributed by atoms with Gasteiger partial charge in [0, 0.05) is 18.3 Å². The number of ether oxygens (including phenoxy) is 1. The van der Waals surface area contributed by atoms with Crippen molar-refractivity contribution in [3.8, 4) is 11.6 Å². The third-order valence-corrected chi connectivity index (χ3v) is 3.13. The second-order valence-corrected chi connectivity index (χ2v) is 4.77. The molecule has 0 aliphatic rings. The Hall–Kier alpha value is -0.670. The molecule has 1 heterocycles. The summed E-state index contributed by atoms with van der Waals surface area (Å²) < 4.78 is 5.46. The van der Waals surface area contributed by atoms with E-state index >= 15 is 0 Å². The predicted octanol–water partition coefficient (Wildman–Crippen LogP) is 5.49. The zero-order valence-electron chi connectivity index (χ0n) is 8.25. The van der Waals surface area contributed by atoms with Gasteiger partial charge >= 0.3 is 0 Å². The molecule has 0 fully saturated rings. The lowest BCUT2D eigenvalue weighted by Crippen LogP contribution is -1.88. The molecule has 0 saturated heterocycles. The summed E-state index contributed by atoms with van der Waals surface area (Å²) in [6.07, 6.45) is 1.47. The molecule has 17 heavy (non-hydrogen) atoms. The Bertz CT molecular complexity index is 542. The van der Waals surface area contributed by atoms with Gasteiger partial charge in [0.25, 0.3) is 0 Å². The lowest BCUT2D eigenvalue weighted by molar-refractivity contribution is 0.463. The van der Waals surface area contributed by atoms with E-state index in [9.17, 15) is 0 Å². The first kappa shape index (κ1) is 12.8. The van der Waals surface area contributed by atoms with Crippen LogP contribution in [0.2, 0.25) is 20.1 Å². The lowest BCUT2D eigenvalue weighted by atomic mass is 10.3. The fraction of sp³-hybridized carbons (Fsp3) is 0. The van der Waals surface area contributed by atoms with Crippen LogP contribution >= 0.6 is 46.4 Å². The quantitative estimate of drug-likeness (QED) is 0.685. The minimum absolute atomic E-state index is 0.358. The molecule has 0 saturated carbocycles. The fourth-order valence-electron chi connectivity index (χ4n) is 1.12. The summed E-state index contributed by atoms with van der Waals surface area (Å²) in [5.74, 6) is 0.755. The first-order chi connectivity index (χ1) is 8.06. The standard InChI is InChI=1S/C11H5Cl4NO/c12-6-1-2-11(16-5-6)17-10-4-8(14)7(13)3-9(10)15/h1-5H. The van der Waals surface area contributed by atoms with Crippen molar-refractivity contribution in [2.24, 2.45) is 0 Å². The van der Waals surface area contributed by atoms with Gasteiger partial charge in [0.1, 0.15) is 5.75 Å². The average molecular weight is 309 g/mol. The molecule has 0 amide bonds. The highest BCUT2D eigenvalue weighted by Crippen LogP contribution is 2.35. The van der Waals surface area contributed by atoms with E-state index in [0.717, 1.165) is 0 Å². The summed E-state index contributed by atoms with van der Waals surface area (Å²) in [5.41, 5.74) is 0. The highest BCUT2D eigenvalue weighted by molar-refractivity contribution is 6.43. The highest BCUT2D eigenvalue weighted by Gasteiger charge is 2.08. The molecule has 88 valence electrons. The summed E-state index contributed by atoms with van der Waals surface area (Å²) >= 11 is 23.3. The van der Waals surface area contributed by atoms with Crippen LogP contribution in [0.1, 0.15) is 0 Å². The molecule has 0 radical (unpaired) electrons. The molecular formula is C11H5Cl4NO. The Morgan fingerprint density at radius 2 is 1.59 bits per heavy atom. The van der Waals surface area contributed by atoms with Crippen LogP contribution in [0.3, 0.4) is 0 Å². The molecule has 0 unspecified atom stereocenters. The maximum Gasteiger partial charge on any atom is 0.219 e. The van der Waals surface area contributed by atoms with E-state index in [1.54, 1.807) is 12.1 Å². The molecule has 1 aromatic heterocycles. The largest absolute Gasteiger partial charge is 0.437 e. The number of pyridine rings is 1. The normalized spacial score (nSPS) is 10.4. The smallest absolute Gasteiger partial charge is 0.219 e. The molecule has 0 aliphatic carbocycles. The van der Waals surface area contributed by atoms with Gasteiger partial charge in [0.05, 0.1) is 20.1 Å². The average Bonchev–Trinajstić information content (AvgIpc) is 2.29. The number of aromatic nitrogens is 1. The number of rotatable bonds is 2. The van der Waals surface area contributed by atoms with Crippen LogP contribution in [0.25, 0.3) is 0 Å². The third-order valence-electron chi connectivity index (χ3n) is 1.89. The topological polar surface area (TPSA) is 22.1 Å². The molecule has 0 N–H and O–H groups in total. The van der Waals surface area contributed by atoms with Gasteiger partial charge in [0.2, 0.25) is 5.88 Å². The second kappa shape index (κ2) is 5.32. The van der Waals surface area contributed by atoms with E-state index in [2.05, 4.69) is 4.98 Å². The zero-order valence-corrected chi connectivity index (χ0v) is 11.3. The summed E-state index contributed by atoms with van der Waals surface area (Å²) in [5, 5.41) is 1.61. The summed E-state index contributed by atoms with van der Waals surface area (Å²) in [6, 6.07) is 6.33. The van der Waals surface area contributed by atoms with Crippen molar-refractivity contribution in [3.05, 3.63) is 50.6 Å². The SMILES string of the molecule is Clc1ccc(Oc2cc(Cl)c(Cl)cc2Cl)nc1. The molecule has 2 nitrogen and oxygen atoms in total. The Balaban J connectivity index is 2.30. The summed E-state index contributed by atoms with van der Waals surface area (Å²) in [7, 11) is 0. The Morgan fingerprint density at radius 3 is 2.24 bits per heavy atom. The van der Waals surface area contributed by atoms with Crippen molar-refractivity contribution in [2.45, 2.75) is 0 Å². The molecule has 2 rings (SSSR count). The number of hydrogen-bond donors (Lipinski definition) is 0. The van der Waals surface area contributed by atoms with Gasteiger partial charge in [-0.2, -0.15) is 0 Å². The minimum atomic E-state index is 0.358. The fourth-order valence-corrected chi connectivity index (χ4v) is 1.81. The number of benzene rings is 1. The predicted molar refractivity (Wildman–Crippen MR) is 70.8 cm³/mol. The van der Waals surface area contributed by atoms with Crippen molar-refractivity contribution >= 4 is 46.4 Å². The Morgan fingerprint density at radius 1 is 0.882 bits per heavy atom. The molecule has 2 aromatic rings. The van der Waals surface area contributed by atoms with E-state index in [1.807, 2.05) is 0 Å². The van der Waals surface area contributed by atoms with Crippen molar-refractivity contribution in [3.63, 3.8) is 0 Å². The molecule has 0 bridgehead atoms. The lowest BCUT2D eigenvalue weighted by Gasteiger charge is -2.07. The van der Waals surface area contributed by atoms with E-state index in [-0.39, 0.29) is 0 Å². The van der Waals surface area contributed by atoms with E-state index in [4.69, 9.17) is 51.1 Å². The molecule has 0 spiro atoms. The second-order valence-electron chi connectivity index (χ2n) is 3.11. The van der Waals surface area contributed by atoms with Crippen molar-refractivity contribution in [1.29, 1.82) is 0 Å². The summed E-state index contributed by atoms with van der Waals surface area (Å²) in [4.78, 5) is 3.98. The first-order valence-electron chi connectivity index (χ1n) is 4.50. The van der Waals surface area contributed by atoms with Crippen molar-refractivity contribution in [2.75, 3.05) is 0 Å². The van der Waals surface area contributed by atoms with Gasteiger partial charge in [-0.1, -0.05) is 46.4 Å². The molecule has 1 aromatic carbocycles. The van der Waals surface area contributed by atoms with Crippen LogP contribution in [0.5, 0.6) is 11.6 Å². The number of hydrogen-bond acceptors (Lipinski definition) is 2. The van der Waals surface area contributed by atoms with Gasteiger partial charge in [-0.15, -0.1) is 0 Å². The molecule has 6 heteroatoms. The van der Waals surface area contributed by atoms with Crippen LogP contribution in [0, 0.1) is 0 Å². The van der Waals surface area contributed by atoms with Crippen LogP contribution in [0.4, 0.5) is 0 Å². The zero-order chi connectivity index (χ0) is 12.4. The van der Waals surface area contributed by atoms with Gasteiger partial charge in [-0.05, 0) is 12.1 Å². The van der Waals surface area contributed by atoms with Crippen molar-refractivity contribution in [1.82, 2.24) is 4.98 Å². The van der Waals surface area contributed by atoms with Gasteiger partial charge in [-0.3, -0.25) is 0 Å². The van der Waals surface area contributed by atoms with Crippen LogP contribution in [0.15, 0.2) is 30.5 Å². The van der Waals surface area contributed by atoms with E-state index < -0.39 is 0 Å². The summed E-state index contributed by atoms with van der Waals surface area (Å²) in [6.45, 7) is 0. The third kappa shape index (κ3) is 3.17. The van der Waals surface area contributed by atoms with Gasteiger partial charge < -0.3 is 4.74 Å². The highest BCUT2D eigenvalue weighted by atomic mass is 35.5. The van der Waals surface area contributed by atoms with Crippen LogP contribution in [-0.2, 0) is 0 Å². The van der Waals surface area contributed by atoms with Gasteiger partial charge in [-0.25, -0.2) is 4.98 Å². The molecular weight excluding hydrogens is 304 g/mol. The number of halogens is 4. The minimum Gasteiger partial charge on any atom is -0.437 e. The maximum absolute atomic E-state index is 5.96. The molecule has 0 atom stereocenters. The van der Waals surface area contributed by atoms with Gasteiger partial charge in [0.15, 0.2) is 0 Å². The van der Waals surface area contributed by atoms with Crippen LogP contribution in [-0.4, -0.2) is 4.98 Å². The first-order valence-corrected chi connectivity index (χ1v) is 6.01. The number of nitrogens with zero attached hydrogens (tertiary/aromatic N) is 1. The Kier molecular flexibility index (Phi) is 4.00. The molecule has 0 aliphatic heterocycles. The van der Waals surface area contributed by atoms with E-state index in [0.29, 0.717) is 31.7 Å².